The molecule has 1 aromatic heterocycles. The molecular weight excluding hydrogens is 346 g/mol. The van der Waals surface area contributed by atoms with Gasteiger partial charge < -0.3 is 5.32 Å². The third-order valence-electron chi connectivity index (χ3n) is 2.68. The molecule has 2 nitrogen and oxygen atoms in total. The number of rotatable bonds is 4. The largest absolute Gasteiger partial charge is 0.349 e. The fraction of sp³-hybridized carbons (Fsp3) is 0.214. The van der Waals surface area contributed by atoms with Crippen LogP contribution in [0.2, 0.25) is 5.02 Å². The maximum Gasteiger partial charge on any atom is 0.251 e. The van der Waals surface area contributed by atoms with Gasteiger partial charge in [0.2, 0.25) is 0 Å². The van der Waals surface area contributed by atoms with Crippen LogP contribution in [0.3, 0.4) is 0 Å². The van der Waals surface area contributed by atoms with Crippen molar-refractivity contribution in [2.45, 2.75) is 19.4 Å². The van der Waals surface area contributed by atoms with Crippen molar-refractivity contribution in [3.05, 3.63) is 55.6 Å². The SMILES string of the molecule is CC(Cc1ccsc1)NC(=O)c1ccc(Cl)c(Br)c1. The predicted octanol–water partition coefficient (Wildman–Crippen LogP) is 4.53. The molecule has 1 atom stereocenters. The quantitative estimate of drug-likeness (QED) is 0.855. The monoisotopic (exact) mass is 357 g/mol. The van der Waals surface area contributed by atoms with Crippen LogP contribution < -0.4 is 5.32 Å². The zero-order valence-electron chi connectivity index (χ0n) is 10.3. The highest BCUT2D eigenvalue weighted by atomic mass is 79.9. The summed E-state index contributed by atoms with van der Waals surface area (Å²) in [5.41, 5.74) is 1.85. The molecule has 0 radical (unpaired) electrons. The van der Waals surface area contributed by atoms with Gasteiger partial charge in [-0.1, -0.05) is 11.6 Å². The van der Waals surface area contributed by atoms with Crippen molar-refractivity contribution in [1.82, 2.24) is 5.32 Å². The number of amides is 1. The lowest BCUT2D eigenvalue weighted by Crippen LogP contribution is -2.33. The Kier molecular flexibility index (Phi) is 5.02. The zero-order valence-corrected chi connectivity index (χ0v) is 13.5. The number of hydrogen-bond donors (Lipinski definition) is 1. The molecule has 1 unspecified atom stereocenters. The molecule has 0 aliphatic heterocycles. The Bertz CT molecular complexity index is 571. The third kappa shape index (κ3) is 4.06. The number of thiophene rings is 1. The fourth-order valence-corrected chi connectivity index (χ4v) is 2.94. The van der Waals surface area contributed by atoms with Crippen molar-refractivity contribution in [2.75, 3.05) is 0 Å². The maximum atomic E-state index is 12.1. The van der Waals surface area contributed by atoms with Gasteiger partial charge in [-0.15, -0.1) is 0 Å². The van der Waals surface area contributed by atoms with Crippen molar-refractivity contribution < 1.29 is 4.79 Å². The van der Waals surface area contributed by atoms with Gasteiger partial charge in [-0.25, -0.2) is 0 Å². The van der Waals surface area contributed by atoms with E-state index in [1.54, 1.807) is 29.5 Å². The molecule has 100 valence electrons. The van der Waals surface area contributed by atoms with Crippen LogP contribution in [-0.2, 0) is 6.42 Å². The van der Waals surface area contributed by atoms with Gasteiger partial charge in [-0.3, -0.25) is 4.79 Å². The van der Waals surface area contributed by atoms with Gasteiger partial charge in [0.15, 0.2) is 0 Å². The van der Waals surface area contributed by atoms with Crippen molar-refractivity contribution in [3.8, 4) is 0 Å². The average Bonchev–Trinajstić information content (AvgIpc) is 2.85. The summed E-state index contributed by atoms with van der Waals surface area (Å²) in [6, 6.07) is 7.34. The summed E-state index contributed by atoms with van der Waals surface area (Å²) in [4.78, 5) is 12.1. The number of nitrogens with one attached hydrogen (secondary N) is 1. The lowest BCUT2D eigenvalue weighted by atomic mass is 10.1. The van der Waals surface area contributed by atoms with E-state index in [1.807, 2.05) is 12.3 Å². The lowest BCUT2D eigenvalue weighted by molar-refractivity contribution is 0.0940. The summed E-state index contributed by atoms with van der Waals surface area (Å²) in [5, 5.41) is 7.72. The van der Waals surface area contributed by atoms with E-state index in [4.69, 9.17) is 11.6 Å². The number of benzene rings is 1. The summed E-state index contributed by atoms with van der Waals surface area (Å²) in [6.07, 6.45) is 0.837. The molecule has 5 heteroatoms. The minimum atomic E-state index is -0.0832. The van der Waals surface area contributed by atoms with Crippen LogP contribution in [0.1, 0.15) is 22.8 Å². The third-order valence-corrected chi connectivity index (χ3v) is 4.63. The van der Waals surface area contributed by atoms with Crippen molar-refractivity contribution >= 4 is 44.8 Å². The summed E-state index contributed by atoms with van der Waals surface area (Å²) in [7, 11) is 0. The average molecular weight is 359 g/mol. The first kappa shape index (κ1) is 14.6. The van der Waals surface area contributed by atoms with Crippen molar-refractivity contribution in [3.63, 3.8) is 0 Å². The highest BCUT2D eigenvalue weighted by Gasteiger charge is 2.11. The highest BCUT2D eigenvalue weighted by molar-refractivity contribution is 9.10. The van der Waals surface area contributed by atoms with E-state index in [0.717, 1.165) is 10.9 Å². The van der Waals surface area contributed by atoms with Gasteiger partial charge >= 0.3 is 0 Å². The normalized spacial score (nSPS) is 12.2. The van der Waals surface area contributed by atoms with Gasteiger partial charge in [0, 0.05) is 16.1 Å². The molecule has 19 heavy (non-hydrogen) atoms. The first-order valence-electron chi connectivity index (χ1n) is 5.83. The molecule has 0 aliphatic rings. The molecule has 1 heterocycles. The predicted molar refractivity (Wildman–Crippen MR) is 84.1 cm³/mol. The molecule has 1 N–H and O–H groups in total. The minimum absolute atomic E-state index is 0.0832. The lowest BCUT2D eigenvalue weighted by Gasteiger charge is -2.13. The van der Waals surface area contributed by atoms with E-state index >= 15 is 0 Å². The minimum Gasteiger partial charge on any atom is -0.349 e. The first-order chi connectivity index (χ1) is 9.06. The molecule has 0 fully saturated rings. The number of halogens is 2. The molecule has 0 aliphatic carbocycles. The van der Waals surface area contributed by atoms with Crippen molar-refractivity contribution in [2.24, 2.45) is 0 Å². The molecule has 2 rings (SSSR count). The smallest absolute Gasteiger partial charge is 0.251 e. The van der Waals surface area contributed by atoms with Crippen LogP contribution in [0, 0.1) is 0 Å². The van der Waals surface area contributed by atoms with Gasteiger partial charge in [0.05, 0.1) is 5.02 Å². The molecule has 0 saturated carbocycles. The zero-order chi connectivity index (χ0) is 13.8. The Morgan fingerprint density at radius 3 is 2.89 bits per heavy atom. The van der Waals surface area contributed by atoms with Crippen LogP contribution in [-0.4, -0.2) is 11.9 Å². The molecule has 0 bridgehead atoms. The molecular formula is C14H13BrClNOS. The van der Waals surface area contributed by atoms with Gasteiger partial charge in [0.25, 0.3) is 5.91 Å². The van der Waals surface area contributed by atoms with E-state index < -0.39 is 0 Å². The second kappa shape index (κ2) is 6.55. The highest BCUT2D eigenvalue weighted by Crippen LogP contribution is 2.23. The topological polar surface area (TPSA) is 29.1 Å². The van der Waals surface area contributed by atoms with E-state index in [-0.39, 0.29) is 11.9 Å². The van der Waals surface area contributed by atoms with E-state index in [1.165, 1.54) is 5.56 Å². The van der Waals surface area contributed by atoms with Gasteiger partial charge in [0.1, 0.15) is 0 Å². The van der Waals surface area contributed by atoms with E-state index in [2.05, 4.69) is 32.7 Å². The van der Waals surface area contributed by atoms with Crippen molar-refractivity contribution in [1.29, 1.82) is 0 Å². The number of carbonyl (C=O) groups excluding carboxylic acids is 1. The molecule has 0 saturated heterocycles. The maximum absolute atomic E-state index is 12.1. The molecule has 0 spiro atoms. The first-order valence-corrected chi connectivity index (χ1v) is 7.94. The van der Waals surface area contributed by atoms with Crippen LogP contribution in [0.25, 0.3) is 0 Å². The second-order valence-electron chi connectivity index (χ2n) is 4.34. The fourth-order valence-electron chi connectivity index (χ4n) is 1.76. The van der Waals surface area contributed by atoms with Crippen LogP contribution in [0.5, 0.6) is 0 Å². The van der Waals surface area contributed by atoms with Crippen LogP contribution in [0.15, 0.2) is 39.5 Å². The van der Waals surface area contributed by atoms with E-state index in [0.29, 0.717) is 10.6 Å². The second-order valence-corrected chi connectivity index (χ2v) is 6.38. The molecule has 2 aromatic rings. The summed E-state index contributed by atoms with van der Waals surface area (Å²) in [5.74, 6) is -0.0832. The summed E-state index contributed by atoms with van der Waals surface area (Å²) in [6.45, 7) is 2.00. The van der Waals surface area contributed by atoms with Gasteiger partial charge in [-0.05, 0) is 69.9 Å². The Morgan fingerprint density at radius 1 is 1.47 bits per heavy atom. The molecule has 1 aromatic carbocycles. The number of carbonyl (C=O) groups is 1. The standard InChI is InChI=1S/C14H13BrClNOS/c1-9(6-10-4-5-19-8-10)17-14(18)11-2-3-13(16)12(15)7-11/h2-5,7-9H,6H2,1H3,(H,17,18). The summed E-state index contributed by atoms with van der Waals surface area (Å²) < 4.78 is 0.729. The Hall–Kier alpha value is -0.840. The Morgan fingerprint density at radius 2 is 2.26 bits per heavy atom. The van der Waals surface area contributed by atoms with Crippen LogP contribution >= 0.6 is 38.9 Å². The van der Waals surface area contributed by atoms with Crippen LogP contribution in [0.4, 0.5) is 0 Å². The number of hydrogen-bond acceptors (Lipinski definition) is 2. The van der Waals surface area contributed by atoms with E-state index in [9.17, 15) is 4.79 Å². The molecule has 1 amide bonds. The van der Waals surface area contributed by atoms with Gasteiger partial charge in [-0.2, -0.15) is 11.3 Å². The summed E-state index contributed by atoms with van der Waals surface area (Å²) >= 11 is 10.9. The Balaban J connectivity index is 1.98. The Labute approximate surface area is 129 Å².